The predicted octanol–water partition coefficient (Wildman–Crippen LogP) is 0.603. The summed E-state index contributed by atoms with van der Waals surface area (Å²) in [5.74, 6) is 0.0252. The minimum Gasteiger partial charge on any atom is -0.333 e. The molecule has 1 aliphatic heterocycles. The quantitative estimate of drug-likeness (QED) is 0.791. The number of piperazine rings is 1. The zero-order valence-corrected chi connectivity index (χ0v) is 12.2. The van der Waals surface area contributed by atoms with Crippen molar-refractivity contribution in [3.8, 4) is 0 Å². The Kier molecular flexibility index (Phi) is 3.76. The standard InChI is InChI=1S/C14H20N4O2/c1-9(15-4)10-5-6-11(16-7-10)18-8-12(19)17-13(20)14(18,2)3/h5-7,9,15H,8H2,1-4H3,(H,17,19,20). The van der Waals surface area contributed by atoms with E-state index in [-0.39, 0.29) is 24.4 Å². The maximum atomic E-state index is 11.9. The van der Waals surface area contributed by atoms with Gasteiger partial charge in [0, 0.05) is 12.2 Å². The van der Waals surface area contributed by atoms with Crippen LogP contribution in [0.4, 0.5) is 5.82 Å². The van der Waals surface area contributed by atoms with E-state index in [9.17, 15) is 9.59 Å². The molecule has 1 aromatic rings. The van der Waals surface area contributed by atoms with Crippen molar-refractivity contribution >= 4 is 17.6 Å². The molecule has 0 aliphatic carbocycles. The number of nitrogens with one attached hydrogen (secondary N) is 2. The number of nitrogens with zero attached hydrogens (tertiary/aromatic N) is 2. The molecule has 6 nitrogen and oxygen atoms in total. The monoisotopic (exact) mass is 276 g/mol. The average Bonchev–Trinajstić information content (AvgIpc) is 2.42. The van der Waals surface area contributed by atoms with Gasteiger partial charge in [0.1, 0.15) is 11.4 Å². The van der Waals surface area contributed by atoms with Gasteiger partial charge in [-0.15, -0.1) is 0 Å². The van der Waals surface area contributed by atoms with Crippen molar-refractivity contribution in [2.75, 3.05) is 18.5 Å². The zero-order chi connectivity index (χ0) is 14.9. The Labute approximate surface area is 118 Å². The van der Waals surface area contributed by atoms with Crippen LogP contribution in [0.15, 0.2) is 18.3 Å². The van der Waals surface area contributed by atoms with E-state index in [1.165, 1.54) is 0 Å². The normalized spacial score (nSPS) is 19.7. The summed E-state index contributed by atoms with van der Waals surface area (Å²) in [7, 11) is 1.88. The fourth-order valence-corrected chi connectivity index (χ4v) is 2.13. The predicted molar refractivity (Wildman–Crippen MR) is 76.3 cm³/mol. The molecule has 1 fully saturated rings. The van der Waals surface area contributed by atoms with E-state index in [4.69, 9.17) is 0 Å². The van der Waals surface area contributed by atoms with Crippen molar-refractivity contribution in [2.45, 2.75) is 32.4 Å². The molecule has 1 atom stereocenters. The first-order valence-electron chi connectivity index (χ1n) is 6.61. The highest BCUT2D eigenvalue weighted by Crippen LogP contribution is 2.25. The van der Waals surface area contributed by atoms with Gasteiger partial charge in [0.25, 0.3) is 5.91 Å². The largest absolute Gasteiger partial charge is 0.333 e. The molecule has 2 rings (SSSR count). The minimum atomic E-state index is -0.795. The van der Waals surface area contributed by atoms with Crippen molar-refractivity contribution < 1.29 is 9.59 Å². The van der Waals surface area contributed by atoms with Gasteiger partial charge in [-0.25, -0.2) is 4.98 Å². The fourth-order valence-electron chi connectivity index (χ4n) is 2.13. The summed E-state index contributed by atoms with van der Waals surface area (Å²) in [4.78, 5) is 29.6. The van der Waals surface area contributed by atoms with E-state index in [0.717, 1.165) is 5.56 Å². The third kappa shape index (κ3) is 2.51. The Hall–Kier alpha value is -1.95. The summed E-state index contributed by atoms with van der Waals surface area (Å²) in [5, 5.41) is 5.49. The molecular weight excluding hydrogens is 256 g/mol. The number of amides is 2. The number of rotatable bonds is 3. The first kappa shape index (κ1) is 14.5. The summed E-state index contributed by atoms with van der Waals surface area (Å²) < 4.78 is 0. The Morgan fingerprint density at radius 1 is 1.40 bits per heavy atom. The van der Waals surface area contributed by atoms with Crippen molar-refractivity contribution in [3.05, 3.63) is 23.9 Å². The average molecular weight is 276 g/mol. The first-order chi connectivity index (χ1) is 9.36. The van der Waals surface area contributed by atoms with Gasteiger partial charge in [-0.2, -0.15) is 0 Å². The molecule has 1 saturated heterocycles. The first-order valence-corrected chi connectivity index (χ1v) is 6.61. The molecule has 0 aromatic carbocycles. The number of imide groups is 1. The van der Waals surface area contributed by atoms with Crippen molar-refractivity contribution in [2.24, 2.45) is 0 Å². The maximum absolute atomic E-state index is 11.9. The molecule has 2 amide bonds. The van der Waals surface area contributed by atoms with Crippen LogP contribution < -0.4 is 15.5 Å². The van der Waals surface area contributed by atoms with Crippen LogP contribution in [0.1, 0.15) is 32.4 Å². The van der Waals surface area contributed by atoms with Crippen molar-refractivity contribution in [3.63, 3.8) is 0 Å². The smallest absolute Gasteiger partial charge is 0.251 e. The van der Waals surface area contributed by atoms with E-state index in [2.05, 4.69) is 15.6 Å². The van der Waals surface area contributed by atoms with Crippen LogP contribution in [0.2, 0.25) is 0 Å². The second kappa shape index (κ2) is 5.20. The number of carbonyl (C=O) groups is 2. The lowest BCUT2D eigenvalue weighted by molar-refractivity contribution is -0.135. The third-order valence-corrected chi connectivity index (χ3v) is 3.77. The van der Waals surface area contributed by atoms with Crippen molar-refractivity contribution in [1.82, 2.24) is 15.6 Å². The molecule has 6 heteroatoms. The van der Waals surface area contributed by atoms with Gasteiger partial charge in [-0.1, -0.05) is 6.07 Å². The van der Waals surface area contributed by atoms with Gasteiger partial charge in [0.15, 0.2) is 0 Å². The van der Waals surface area contributed by atoms with Gasteiger partial charge in [-0.05, 0) is 39.4 Å². The van der Waals surface area contributed by atoms with Crippen molar-refractivity contribution in [1.29, 1.82) is 0 Å². The minimum absolute atomic E-state index is 0.132. The van der Waals surface area contributed by atoms with E-state index < -0.39 is 5.54 Å². The Morgan fingerprint density at radius 3 is 2.65 bits per heavy atom. The highest BCUT2D eigenvalue weighted by Gasteiger charge is 2.41. The number of hydrogen-bond donors (Lipinski definition) is 2. The second-order valence-electron chi connectivity index (χ2n) is 5.48. The molecule has 1 unspecified atom stereocenters. The SMILES string of the molecule is CNC(C)c1ccc(N2CC(=O)NC(=O)C2(C)C)nc1. The Morgan fingerprint density at radius 2 is 2.10 bits per heavy atom. The summed E-state index contributed by atoms with van der Waals surface area (Å²) in [5.41, 5.74) is 0.263. The van der Waals surface area contributed by atoms with Gasteiger partial charge >= 0.3 is 0 Å². The van der Waals surface area contributed by atoms with Gasteiger partial charge in [0.05, 0.1) is 6.54 Å². The highest BCUT2D eigenvalue weighted by atomic mass is 16.2. The van der Waals surface area contributed by atoms with E-state index in [1.54, 1.807) is 24.9 Å². The topological polar surface area (TPSA) is 74.3 Å². The molecule has 0 spiro atoms. The number of aromatic nitrogens is 1. The molecule has 20 heavy (non-hydrogen) atoms. The van der Waals surface area contributed by atoms with Crippen LogP contribution in [-0.2, 0) is 9.59 Å². The third-order valence-electron chi connectivity index (χ3n) is 3.77. The number of anilines is 1. The summed E-state index contributed by atoms with van der Waals surface area (Å²) in [6.07, 6.45) is 1.77. The van der Waals surface area contributed by atoms with Crippen LogP contribution in [0, 0.1) is 0 Å². The van der Waals surface area contributed by atoms with Crippen LogP contribution in [0.25, 0.3) is 0 Å². The molecule has 108 valence electrons. The molecule has 0 radical (unpaired) electrons. The molecule has 0 saturated carbocycles. The van der Waals surface area contributed by atoms with Crippen LogP contribution in [0.3, 0.4) is 0 Å². The summed E-state index contributed by atoms with van der Waals surface area (Å²) in [6, 6.07) is 4.00. The lowest BCUT2D eigenvalue weighted by Crippen LogP contribution is -2.64. The second-order valence-corrected chi connectivity index (χ2v) is 5.48. The lowest BCUT2D eigenvalue weighted by Gasteiger charge is -2.40. The number of carbonyl (C=O) groups excluding carboxylic acids is 2. The fraction of sp³-hybridized carbons (Fsp3) is 0.500. The molecule has 1 aliphatic rings. The maximum Gasteiger partial charge on any atom is 0.251 e. The van der Waals surface area contributed by atoms with Crippen LogP contribution >= 0.6 is 0 Å². The molecule has 1 aromatic heterocycles. The highest BCUT2D eigenvalue weighted by molar-refractivity contribution is 6.06. The van der Waals surface area contributed by atoms with E-state index in [1.807, 2.05) is 26.1 Å². The lowest BCUT2D eigenvalue weighted by atomic mass is 9.98. The summed E-state index contributed by atoms with van der Waals surface area (Å²) >= 11 is 0. The van der Waals surface area contributed by atoms with Gasteiger partial charge in [-0.3, -0.25) is 14.9 Å². The van der Waals surface area contributed by atoms with Crippen LogP contribution in [-0.4, -0.2) is 35.9 Å². The van der Waals surface area contributed by atoms with Gasteiger partial charge in [0.2, 0.25) is 5.91 Å². The Bertz CT molecular complexity index is 524. The number of pyridine rings is 1. The van der Waals surface area contributed by atoms with E-state index >= 15 is 0 Å². The Balaban J connectivity index is 2.30. The van der Waals surface area contributed by atoms with Gasteiger partial charge < -0.3 is 10.2 Å². The summed E-state index contributed by atoms with van der Waals surface area (Å²) in [6.45, 7) is 5.73. The van der Waals surface area contributed by atoms with E-state index in [0.29, 0.717) is 5.82 Å². The van der Waals surface area contributed by atoms with Crippen LogP contribution in [0.5, 0.6) is 0 Å². The zero-order valence-electron chi connectivity index (χ0n) is 12.2. The molecule has 2 N–H and O–H groups in total. The molecule has 0 bridgehead atoms. The molecular formula is C14H20N4O2. The molecule has 2 heterocycles. The number of hydrogen-bond acceptors (Lipinski definition) is 5.